The predicted octanol–water partition coefficient (Wildman–Crippen LogP) is 4.62. The molecule has 4 heteroatoms. The Kier molecular flexibility index (Phi) is 4.36. The van der Waals surface area contributed by atoms with Crippen LogP contribution in [0.4, 0.5) is 4.39 Å². The van der Waals surface area contributed by atoms with Crippen molar-refractivity contribution in [3.8, 4) is 0 Å². The van der Waals surface area contributed by atoms with E-state index in [9.17, 15) is 9.50 Å². The Morgan fingerprint density at radius 3 is 2.48 bits per heavy atom. The van der Waals surface area contributed by atoms with Crippen molar-refractivity contribution < 1.29 is 9.50 Å². The molecule has 1 N–H and O–H groups in total. The van der Waals surface area contributed by atoms with Crippen molar-refractivity contribution >= 4 is 22.1 Å². The van der Waals surface area contributed by atoms with Crippen LogP contribution in [0.25, 0.3) is 10.8 Å². The Bertz CT molecular complexity index is 867. The molecule has 1 saturated heterocycles. The minimum atomic E-state index is -1.08. The molecule has 0 radical (unpaired) electrons. The zero-order valence-electron chi connectivity index (χ0n) is 14.3. The molecule has 1 atom stereocenters. The first-order valence-electron chi connectivity index (χ1n) is 8.72. The highest BCUT2D eigenvalue weighted by atomic mass is 32.1. The second kappa shape index (κ2) is 6.52. The molecule has 2 heterocycles. The van der Waals surface area contributed by atoms with Gasteiger partial charge in [0.15, 0.2) is 0 Å². The molecule has 0 spiro atoms. The standard InChI is InChI=1S/C21H22FNOS/c1-23-12-10-17(11-13-23)21(24,16-6-8-18(22)9-7-16)20-19-5-3-2-4-15(19)14-25-20/h2-9,14,17,24H,10-13H2,1H3. The fraction of sp³-hybridized carbons (Fsp3) is 0.333. The summed E-state index contributed by atoms with van der Waals surface area (Å²) in [6, 6.07) is 14.6. The van der Waals surface area contributed by atoms with Crippen LogP contribution in [0.15, 0.2) is 53.9 Å². The summed E-state index contributed by atoms with van der Waals surface area (Å²) >= 11 is 1.61. The lowest BCUT2D eigenvalue weighted by Crippen LogP contribution is -2.42. The number of fused-ring (bicyclic) bond motifs is 1. The lowest BCUT2D eigenvalue weighted by atomic mass is 9.74. The maximum atomic E-state index is 13.5. The number of piperidine rings is 1. The molecular weight excluding hydrogens is 333 g/mol. The molecule has 1 aliphatic heterocycles. The van der Waals surface area contributed by atoms with Gasteiger partial charge in [-0.3, -0.25) is 0 Å². The van der Waals surface area contributed by atoms with E-state index < -0.39 is 5.60 Å². The predicted molar refractivity (Wildman–Crippen MR) is 101 cm³/mol. The Labute approximate surface area is 151 Å². The van der Waals surface area contributed by atoms with E-state index in [1.54, 1.807) is 23.5 Å². The van der Waals surface area contributed by atoms with Crippen LogP contribution in [0.3, 0.4) is 0 Å². The summed E-state index contributed by atoms with van der Waals surface area (Å²) in [5, 5.41) is 16.4. The Hall–Kier alpha value is -1.75. The molecule has 0 saturated carbocycles. The van der Waals surface area contributed by atoms with E-state index in [4.69, 9.17) is 0 Å². The third-order valence-electron chi connectivity index (χ3n) is 5.45. The van der Waals surface area contributed by atoms with Gasteiger partial charge in [0.1, 0.15) is 11.4 Å². The molecule has 0 bridgehead atoms. The van der Waals surface area contributed by atoms with E-state index in [2.05, 4.69) is 29.5 Å². The van der Waals surface area contributed by atoms with Crippen LogP contribution in [0, 0.1) is 11.7 Å². The zero-order valence-corrected chi connectivity index (χ0v) is 15.1. The Balaban J connectivity index is 1.87. The Morgan fingerprint density at radius 2 is 1.76 bits per heavy atom. The number of aliphatic hydroxyl groups is 1. The van der Waals surface area contributed by atoms with Gasteiger partial charge in [-0.05, 0) is 72.7 Å². The van der Waals surface area contributed by atoms with Gasteiger partial charge in [-0.2, -0.15) is 0 Å². The van der Waals surface area contributed by atoms with Gasteiger partial charge in [-0.1, -0.05) is 36.4 Å². The van der Waals surface area contributed by atoms with Gasteiger partial charge in [0.05, 0.1) is 0 Å². The third kappa shape index (κ3) is 2.88. The number of benzene rings is 2. The minimum Gasteiger partial charge on any atom is -0.379 e. The smallest absolute Gasteiger partial charge is 0.127 e. The van der Waals surface area contributed by atoms with E-state index in [0.717, 1.165) is 47.1 Å². The average Bonchev–Trinajstić information content (AvgIpc) is 3.07. The first-order chi connectivity index (χ1) is 12.1. The average molecular weight is 355 g/mol. The van der Waals surface area contributed by atoms with Crippen molar-refractivity contribution in [3.05, 3.63) is 70.2 Å². The summed E-state index contributed by atoms with van der Waals surface area (Å²) in [5.74, 6) is -0.151. The van der Waals surface area contributed by atoms with Gasteiger partial charge in [0, 0.05) is 4.88 Å². The number of hydrogen-bond donors (Lipinski definition) is 1. The van der Waals surface area contributed by atoms with Crippen molar-refractivity contribution in [3.63, 3.8) is 0 Å². The van der Waals surface area contributed by atoms with Gasteiger partial charge in [0.2, 0.25) is 0 Å². The summed E-state index contributed by atoms with van der Waals surface area (Å²) in [6.45, 7) is 1.94. The molecule has 3 aromatic rings. The van der Waals surface area contributed by atoms with Crippen molar-refractivity contribution in [2.24, 2.45) is 5.92 Å². The van der Waals surface area contributed by atoms with Gasteiger partial charge in [-0.25, -0.2) is 4.39 Å². The van der Waals surface area contributed by atoms with Gasteiger partial charge in [0.25, 0.3) is 0 Å². The molecule has 1 unspecified atom stereocenters. The van der Waals surface area contributed by atoms with Crippen LogP contribution in [-0.2, 0) is 5.60 Å². The van der Waals surface area contributed by atoms with Crippen molar-refractivity contribution in [2.45, 2.75) is 18.4 Å². The van der Waals surface area contributed by atoms with Crippen LogP contribution in [0.5, 0.6) is 0 Å². The second-order valence-electron chi connectivity index (χ2n) is 7.00. The van der Waals surface area contributed by atoms with E-state index in [-0.39, 0.29) is 11.7 Å². The second-order valence-corrected chi connectivity index (χ2v) is 7.88. The van der Waals surface area contributed by atoms with Crippen LogP contribution >= 0.6 is 11.3 Å². The summed E-state index contributed by atoms with van der Waals surface area (Å²) in [5.41, 5.74) is -0.293. The zero-order chi connectivity index (χ0) is 17.4. The van der Waals surface area contributed by atoms with Gasteiger partial charge < -0.3 is 10.0 Å². The maximum absolute atomic E-state index is 13.5. The molecule has 0 aliphatic carbocycles. The molecule has 2 aromatic carbocycles. The molecule has 4 rings (SSSR count). The van der Waals surface area contributed by atoms with E-state index in [1.165, 1.54) is 12.1 Å². The van der Waals surface area contributed by atoms with Crippen LogP contribution in [0.1, 0.15) is 23.3 Å². The lowest BCUT2D eigenvalue weighted by molar-refractivity contribution is -0.00693. The highest BCUT2D eigenvalue weighted by Gasteiger charge is 2.43. The maximum Gasteiger partial charge on any atom is 0.127 e. The molecule has 25 heavy (non-hydrogen) atoms. The number of thiophene rings is 1. The largest absolute Gasteiger partial charge is 0.379 e. The number of likely N-dealkylation sites (tertiary alicyclic amines) is 1. The molecule has 130 valence electrons. The van der Waals surface area contributed by atoms with E-state index in [1.807, 2.05) is 12.1 Å². The fourth-order valence-electron chi connectivity index (χ4n) is 3.97. The molecule has 1 aliphatic rings. The highest BCUT2D eigenvalue weighted by molar-refractivity contribution is 7.11. The molecule has 2 nitrogen and oxygen atoms in total. The van der Waals surface area contributed by atoms with Crippen molar-refractivity contribution in [1.29, 1.82) is 0 Å². The molecule has 1 aromatic heterocycles. The first-order valence-corrected chi connectivity index (χ1v) is 9.60. The molecular formula is C21H22FNOS. The fourth-order valence-corrected chi connectivity index (χ4v) is 5.20. The molecule has 0 amide bonds. The highest BCUT2D eigenvalue weighted by Crippen LogP contribution is 2.46. The number of halogens is 1. The number of hydrogen-bond acceptors (Lipinski definition) is 3. The minimum absolute atomic E-state index is 0.121. The first kappa shape index (κ1) is 16.7. The van der Waals surface area contributed by atoms with Crippen LogP contribution < -0.4 is 0 Å². The summed E-state index contributed by atoms with van der Waals surface area (Å²) in [7, 11) is 2.12. The van der Waals surface area contributed by atoms with E-state index >= 15 is 0 Å². The quantitative estimate of drug-likeness (QED) is 0.741. The summed E-state index contributed by atoms with van der Waals surface area (Å²) in [4.78, 5) is 3.28. The SMILES string of the molecule is CN1CCC(C(O)(c2ccc(F)cc2)c2scc3ccccc23)CC1. The summed E-state index contributed by atoms with van der Waals surface area (Å²) in [6.07, 6.45) is 1.85. The number of nitrogens with zero attached hydrogens (tertiary/aromatic N) is 1. The third-order valence-corrected chi connectivity index (χ3v) is 6.59. The van der Waals surface area contributed by atoms with Crippen LogP contribution in [0.2, 0.25) is 0 Å². The Morgan fingerprint density at radius 1 is 1.08 bits per heavy atom. The van der Waals surface area contributed by atoms with Crippen LogP contribution in [-0.4, -0.2) is 30.1 Å². The summed E-state index contributed by atoms with van der Waals surface area (Å²) < 4.78 is 13.5. The monoisotopic (exact) mass is 355 g/mol. The normalized spacial score (nSPS) is 19.2. The van der Waals surface area contributed by atoms with E-state index in [0.29, 0.717) is 0 Å². The number of rotatable bonds is 3. The van der Waals surface area contributed by atoms with Crippen molar-refractivity contribution in [1.82, 2.24) is 4.90 Å². The molecule has 1 fully saturated rings. The van der Waals surface area contributed by atoms with Gasteiger partial charge in [-0.15, -0.1) is 11.3 Å². The lowest BCUT2D eigenvalue weighted by Gasteiger charge is -2.41. The van der Waals surface area contributed by atoms with Crippen molar-refractivity contribution in [2.75, 3.05) is 20.1 Å². The van der Waals surface area contributed by atoms with Gasteiger partial charge >= 0.3 is 0 Å². The topological polar surface area (TPSA) is 23.5 Å².